The first-order valence-corrected chi connectivity index (χ1v) is 16.0. The summed E-state index contributed by atoms with van der Waals surface area (Å²) in [6.45, 7) is 6.38. The average Bonchev–Trinajstić information content (AvgIpc) is 3.59. The lowest BCUT2D eigenvalue weighted by Gasteiger charge is -2.25. The van der Waals surface area contributed by atoms with Crippen molar-refractivity contribution in [2.75, 3.05) is 11.9 Å². The van der Waals surface area contributed by atoms with E-state index >= 15 is 0 Å². The lowest BCUT2D eigenvalue weighted by Crippen LogP contribution is -2.40. The van der Waals surface area contributed by atoms with Crippen molar-refractivity contribution in [1.29, 1.82) is 0 Å². The van der Waals surface area contributed by atoms with Crippen LogP contribution in [0.1, 0.15) is 36.6 Å². The number of carbonyl (C=O) groups excluding carboxylic acids is 1. The van der Waals surface area contributed by atoms with E-state index in [1.807, 2.05) is 98.8 Å². The molecule has 6 aromatic rings. The van der Waals surface area contributed by atoms with Gasteiger partial charge < -0.3 is 15.0 Å². The Morgan fingerprint density at radius 2 is 1.67 bits per heavy atom. The number of benzene rings is 4. The zero-order valence-electron chi connectivity index (χ0n) is 25.7. The molecule has 0 unspecified atom stereocenters. The largest absolute Gasteiger partial charge is 0.494 e. The highest BCUT2D eigenvalue weighted by molar-refractivity contribution is 7.07. The fraction of sp³-hybridized carbons (Fsp3) is 0.132. The fourth-order valence-electron chi connectivity index (χ4n) is 6.06. The quantitative estimate of drug-likeness (QED) is 0.207. The Kier molecular flexibility index (Phi) is 7.72. The van der Waals surface area contributed by atoms with Crippen molar-refractivity contribution in [3.05, 3.63) is 151 Å². The topological polar surface area (TPSA) is 88.5 Å². The highest BCUT2D eigenvalue weighted by Gasteiger charge is 2.32. The van der Waals surface area contributed by atoms with Crippen molar-refractivity contribution in [2.45, 2.75) is 26.8 Å². The number of amides is 1. The number of nitrogens with one attached hydrogen (secondary N) is 2. The number of H-pyrrole nitrogens is 1. The van der Waals surface area contributed by atoms with Crippen LogP contribution in [0.25, 0.3) is 28.2 Å². The summed E-state index contributed by atoms with van der Waals surface area (Å²) >= 11 is 1.33. The van der Waals surface area contributed by atoms with Gasteiger partial charge in [-0.25, -0.2) is 4.99 Å². The van der Waals surface area contributed by atoms with Crippen LogP contribution in [-0.4, -0.2) is 22.1 Å². The van der Waals surface area contributed by atoms with Crippen LogP contribution in [-0.2, 0) is 4.79 Å². The number of aromatic amines is 1. The Morgan fingerprint density at radius 1 is 0.957 bits per heavy atom. The van der Waals surface area contributed by atoms with Crippen LogP contribution in [0, 0.1) is 6.92 Å². The summed E-state index contributed by atoms with van der Waals surface area (Å²) in [7, 11) is 0. The van der Waals surface area contributed by atoms with Gasteiger partial charge in [0, 0.05) is 22.2 Å². The van der Waals surface area contributed by atoms with E-state index in [1.165, 1.54) is 11.3 Å². The second kappa shape index (κ2) is 12.1. The van der Waals surface area contributed by atoms with Gasteiger partial charge in [-0.05, 0) is 67.8 Å². The molecule has 0 saturated carbocycles. The SMILES string of the molecule is CCOc1ccc([C@@H]2C(C(=O)Nc3ccccc3)=C(C)N=c3s/c(=C\c4c(-c5ccccc5)[nH]c5c(C)cccc45)c(=O)n32)cc1. The number of allylic oxidation sites excluding steroid dienone is 1. The number of rotatable bonds is 7. The van der Waals surface area contributed by atoms with E-state index in [2.05, 4.69) is 41.5 Å². The molecule has 1 amide bonds. The van der Waals surface area contributed by atoms with Crippen molar-refractivity contribution in [3.63, 3.8) is 0 Å². The van der Waals surface area contributed by atoms with E-state index in [0.717, 1.165) is 44.6 Å². The monoisotopic (exact) mass is 624 g/mol. The minimum Gasteiger partial charge on any atom is -0.494 e. The summed E-state index contributed by atoms with van der Waals surface area (Å²) in [5, 5.41) is 4.05. The van der Waals surface area contributed by atoms with Gasteiger partial charge in [-0.1, -0.05) is 90.2 Å². The van der Waals surface area contributed by atoms with Gasteiger partial charge in [0.1, 0.15) is 5.75 Å². The third-order valence-electron chi connectivity index (χ3n) is 8.23. The standard InChI is InChI=1S/C38H32N4O3S/c1-4-45-28-20-18-26(19-21-28)35-32(36(43)40-27-15-9-6-10-16-27)24(3)39-38-42(35)37(44)31(46-38)22-30-29-17-11-12-23(2)33(29)41-34(30)25-13-7-5-8-14-25/h5-22,35,41H,4H2,1-3H3,(H,40,43)/b31-22-/t35-/m1/s1. The van der Waals surface area contributed by atoms with Crippen molar-refractivity contribution in [2.24, 2.45) is 4.99 Å². The molecular weight excluding hydrogens is 593 g/mol. The first kappa shape index (κ1) is 29.3. The maximum absolute atomic E-state index is 14.5. The molecule has 8 heteroatoms. The molecule has 1 aliphatic rings. The minimum absolute atomic E-state index is 0.207. The van der Waals surface area contributed by atoms with Crippen LogP contribution in [0.15, 0.2) is 124 Å². The molecular formula is C38H32N4O3S. The number of aryl methyl sites for hydroxylation is 1. The Morgan fingerprint density at radius 3 is 2.39 bits per heavy atom. The molecule has 7 nitrogen and oxygen atoms in total. The number of anilines is 1. The van der Waals surface area contributed by atoms with Crippen LogP contribution in [0.2, 0.25) is 0 Å². The summed E-state index contributed by atoms with van der Waals surface area (Å²) in [6.07, 6.45) is 1.96. The first-order valence-electron chi connectivity index (χ1n) is 15.2. The Labute approximate surface area is 269 Å². The predicted molar refractivity (Wildman–Crippen MR) is 185 cm³/mol. The average molecular weight is 625 g/mol. The first-order chi connectivity index (χ1) is 22.4. The molecule has 7 rings (SSSR count). The van der Waals surface area contributed by atoms with Gasteiger partial charge in [0.2, 0.25) is 0 Å². The molecule has 228 valence electrons. The van der Waals surface area contributed by atoms with Crippen molar-refractivity contribution in [1.82, 2.24) is 9.55 Å². The van der Waals surface area contributed by atoms with Gasteiger partial charge in [0.15, 0.2) is 4.80 Å². The third-order valence-corrected chi connectivity index (χ3v) is 9.21. The van der Waals surface area contributed by atoms with Gasteiger partial charge in [0.05, 0.1) is 34.1 Å². The van der Waals surface area contributed by atoms with E-state index in [1.54, 1.807) is 4.57 Å². The molecule has 2 aromatic heterocycles. The van der Waals surface area contributed by atoms with Crippen molar-refractivity contribution >= 4 is 39.9 Å². The highest BCUT2D eigenvalue weighted by atomic mass is 32.1. The molecule has 4 aromatic carbocycles. The van der Waals surface area contributed by atoms with Gasteiger partial charge in [-0.3, -0.25) is 14.2 Å². The van der Waals surface area contributed by atoms with Crippen LogP contribution >= 0.6 is 11.3 Å². The molecule has 46 heavy (non-hydrogen) atoms. The van der Waals surface area contributed by atoms with E-state index in [9.17, 15) is 9.59 Å². The number of ether oxygens (including phenoxy) is 1. The Bertz CT molecular complexity index is 2300. The van der Waals surface area contributed by atoms with E-state index < -0.39 is 6.04 Å². The molecule has 0 fully saturated rings. The zero-order chi connectivity index (χ0) is 31.8. The van der Waals surface area contributed by atoms with E-state index in [0.29, 0.717) is 32.9 Å². The van der Waals surface area contributed by atoms with Gasteiger partial charge in [-0.15, -0.1) is 0 Å². The zero-order valence-corrected chi connectivity index (χ0v) is 26.5. The number of para-hydroxylation sites is 2. The molecule has 0 bridgehead atoms. The highest BCUT2D eigenvalue weighted by Crippen LogP contribution is 2.34. The van der Waals surface area contributed by atoms with E-state index in [4.69, 9.17) is 9.73 Å². The van der Waals surface area contributed by atoms with Crippen LogP contribution in [0.4, 0.5) is 5.69 Å². The molecule has 1 atom stereocenters. The lowest BCUT2D eigenvalue weighted by molar-refractivity contribution is -0.113. The maximum Gasteiger partial charge on any atom is 0.271 e. The lowest BCUT2D eigenvalue weighted by atomic mass is 9.95. The molecule has 0 aliphatic carbocycles. The molecule has 0 radical (unpaired) electrons. The van der Waals surface area contributed by atoms with Gasteiger partial charge in [0.25, 0.3) is 11.5 Å². The maximum atomic E-state index is 14.5. The predicted octanol–water partition coefficient (Wildman–Crippen LogP) is 6.73. The van der Waals surface area contributed by atoms with Crippen LogP contribution in [0.5, 0.6) is 5.75 Å². The molecule has 2 N–H and O–H groups in total. The number of nitrogens with zero attached hydrogens (tertiary/aromatic N) is 2. The van der Waals surface area contributed by atoms with Crippen LogP contribution in [0.3, 0.4) is 0 Å². The summed E-state index contributed by atoms with van der Waals surface area (Å²) in [5.74, 6) is 0.414. The van der Waals surface area contributed by atoms with E-state index in [-0.39, 0.29) is 11.5 Å². The second-order valence-corrected chi connectivity index (χ2v) is 12.2. The smallest absolute Gasteiger partial charge is 0.271 e. The third kappa shape index (κ3) is 5.26. The van der Waals surface area contributed by atoms with Crippen molar-refractivity contribution < 1.29 is 9.53 Å². The number of fused-ring (bicyclic) bond motifs is 2. The number of carbonyl (C=O) groups is 1. The summed E-state index contributed by atoms with van der Waals surface area (Å²) in [6, 6.07) is 32.5. The van der Waals surface area contributed by atoms with Gasteiger partial charge in [-0.2, -0.15) is 0 Å². The number of aromatic nitrogens is 2. The Hall–Kier alpha value is -5.47. The molecule has 0 saturated heterocycles. The summed E-state index contributed by atoms with van der Waals surface area (Å²) in [5.41, 5.74) is 7.28. The molecule has 1 aliphatic heterocycles. The number of thiazole rings is 1. The summed E-state index contributed by atoms with van der Waals surface area (Å²) < 4.78 is 7.87. The summed E-state index contributed by atoms with van der Waals surface area (Å²) in [4.78, 5) is 37.4. The molecule has 3 heterocycles. The van der Waals surface area contributed by atoms with Crippen molar-refractivity contribution in [3.8, 4) is 17.0 Å². The normalized spacial score (nSPS) is 14.7. The fourth-order valence-corrected chi connectivity index (χ4v) is 7.09. The Balaban J connectivity index is 1.42. The second-order valence-electron chi connectivity index (χ2n) is 11.2. The number of hydrogen-bond acceptors (Lipinski definition) is 5. The number of hydrogen-bond donors (Lipinski definition) is 2. The molecule has 0 spiro atoms. The minimum atomic E-state index is -0.684. The van der Waals surface area contributed by atoms with Crippen LogP contribution < -0.4 is 24.9 Å². The van der Waals surface area contributed by atoms with Gasteiger partial charge >= 0.3 is 0 Å².